The summed E-state index contributed by atoms with van der Waals surface area (Å²) in [4.78, 5) is 4.64. The highest BCUT2D eigenvalue weighted by Crippen LogP contribution is 2.39. The van der Waals surface area contributed by atoms with Crippen molar-refractivity contribution < 1.29 is 8.42 Å². The molecule has 154 valence electrons. The van der Waals surface area contributed by atoms with Crippen molar-refractivity contribution in [2.24, 2.45) is 27.6 Å². The molecule has 0 unspecified atom stereocenters. The van der Waals surface area contributed by atoms with E-state index in [9.17, 15) is 8.42 Å². The van der Waals surface area contributed by atoms with Crippen LogP contribution in [0.3, 0.4) is 0 Å². The molecule has 0 aliphatic carbocycles. The van der Waals surface area contributed by atoms with Crippen LogP contribution in [0.1, 0.15) is 5.56 Å². The van der Waals surface area contributed by atoms with Crippen molar-refractivity contribution in [1.29, 1.82) is 0 Å². The Labute approximate surface area is 175 Å². The summed E-state index contributed by atoms with van der Waals surface area (Å²) < 4.78 is 25.9. The number of thiazole rings is 1. The number of rotatable bonds is 7. The van der Waals surface area contributed by atoms with E-state index in [1.807, 2.05) is 12.1 Å². The normalized spacial score (nSPS) is 12.4. The van der Waals surface area contributed by atoms with Gasteiger partial charge in [-0.1, -0.05) is 29.5 Å². The minimum absolute atomic E-state index is 0.131. The Balaban J connectivity index is 2.42. The number of thioether (sulfide) groups is 1. The summed E-state index contributed by atoms with van der Waals surface area (Å²) in [5.74, 6) is 5.63. The molecule has 0 aliphatic rings. The molecule has 10 nitrogen and oxygen atoms in total. The molecule has 1 aromatic heterocycles. The van der Waals surface area contributed by atoms with Gasteiger partial charge >= 0.3 is 0 Å². The van der Waals surface area contributed by atoms with Gasteiger partial charge in [0.15, 0.2) is 11.0 Å². The van der Waals surface area contributed by atoms with Crippen molar-refractivity contribution in [3.05, 3.63) is 35.9 Å². The van der Waals surface area contributed by atoms with Gasteiger partial charge in [0.05, 0.1) is 10.2 Å². The zero-order valence-corrected chi connectivity index (χ0v) is 17.6. The number of hydrazone groups is 1. The number of nitrogens with two attached hydrogens (primary N) is 5. The second-order valence-electron chi connectivity index (χ2n) is 5.83. The number of aromatic nitrogens is 1. The van der Waals surface area contributed by atoms with Gasteiger partial charge in [0, 0.05) is 28.3 Å². The number of nitrogens with one attached hydrogen (secondary N) is 1. The van der Waals surface area contributed by atoms with E-state index in [-0.39, 0.29) is 16.3 Å². The first-order chi connectivity index (χ1) is 13.8. The first-order valence-electron chi connectivity index (χ1n) is 8.25. The minimum Gasteiger partial charge on any atom is -0.382 e. The maximum atomic E-state index is 12.5. The Kier molecular flexibility index (Phi) is 6.26. The van der Waals surface area contributed by atoms with E-state index in [1.54, 1.807) is 18.2 Å². The minimum atomic E-state index is -4.17. The van der Waals surface area contributed by atoms with Crippen LogP contribution < -0.4 is 33.7 Å². The molecule has 0 saturated heterocycles. The highest BCUT2D eigenvalue weighted by Gasteiger charge is 2.26. The first-order valence-corrected chi connectivity index (χ1v) is 11.6. The topological polar surface area (TPSA) is 202 Å². The summed E-state index contributed by atoms with van der Waals surface area (Å²) in [6.07, 6.45) is 0. The number of anilines is 1. The first kappa shape index (κ1) is 21.3. The van der Waals surface area contributed by atoms with Crippen LogP contribution in [0.4, 0.5) is 5.13 Å². The maximum Gasteiger partial charge on any atom is 0.239 e. The lowest BCUT2D eigenvalue weighted by atomic mass is 9.98. The van der Waals surface area contributed by atoms with E-state index in [0.29, 0.717) is 39.0 Å². The van der Waals surface area contributed by atoms with Crippen LogP contribution in [0.5, 0.6) is 0 Å². The molecule has 0 radical (unpaired) electrons. The molecule has 0 fully saturated rings. The largest absolute Gasteiger partial charge is 0.382 e. The Morgan fingerprint density at radius 2 is 2.00 bits per heavy atom. The summed E-state index contributed by atoms with van der Waals surface area (Å²) in [5.41, 5.74) is 21.5. The van der Waals surface area contributed by atoms with E-state index in [1.165, 1.54) is 23.1 Å². The average Bonchev–Trinajstić information content (AvgIpc) is 3.05. The van der Waals surface area contributed by atoms with Crippen LogP contribution in [0.2, 0.25) is 0 Å². The fourth-order valence-corrected chi connectivity index (χ4v) is 5.78. The number of hydrazine groups is 1. The standard InChI is InChI=1S/C16H20N8O2S3/c17-6-7-27-11-5-4-8(9-2-1-3-10-13(9)22-16(19)28-10)12(15(18)23-24-20)14(11)29(21,25)26/h1-5,24H,6-7,17,20H2,(H2,18,23)(H2,19,22)(H2,21,25,26). The summed E-state index contributed by atoms with van der Waals surface area (Å²) in [6, 6.07) is 8.89. The van der Waals surface area contributed by atoms with Crippen molar-refractivity contribution in [2.45, 2.75) is 9.79 Å². The van der Waals surface area contributed by atoms with E-state index in [2.05, 4.69) is 15.6 Å². The van der Waals surface area contributed by atoms with Gasteiger partial charge < -0.3 is 17.2 Å². The van der Waals surface area contributed by atoms with Crippen LogP contribution in [-0.2, 0) is 10.0 Å². The lowest BCUT2D eigenvalue weighted by molar-refractivity contribution is 0.595. The van der Waals surface area contributed by atoms with Crippen molar-refractivity contribution in [2.75, 3.05) is 18.0 Å². The zero-order chi connectivity index (χ0) is 21.2. The number of nitrogen functional groups attached to an aromatic ring is 1. The zero-order valence-electron chi connectivity index (χ0n) is 15.1. The molecule has 2 aromatic carbocycles. The number of primary sulfonamides is 1. The van der Waals surface area contributed by atoms with E-state index < -0.39 is 10.0 Å². The second kappa shape index (κ2) is 8.52. The van der Waals surface area contributed by atoms with Crippen molar-refractivity contribution >= 4 is 54.3 Å². The Morgan fingerprint density at radius 1 is 1.24 bits per heavy atom. The highest BCUT2D eigenvalue weighted by molar-refractivity contribution is 8.00. The summed E-state index contributed by atoms with van der Waals surface area (Å²) in [6.45, 7) is 0.358. The predicted octanol–water partition coefficient (Wildman–Crippen LogP) is 0.327. The molecule has 0 atom stereocenters. The molecule has 13 heteroatoms. The summed E-state index contributed by atoms with van der Waals surface area (Å²) in [7, 11) is -4.17. The molecule has 29 heavy (non-hydrogen) atoms. The summed E-state index contributed by atoms with van der Waals surface area (Å²) >= 11 is 2.58. The highest BCUT2D eigenvalue weighted by atomic mass is 32.2. The van der Waals surface area contributed by atoms with Crippen LogP contribution in [0.15, 0.2) is 45.2 Å². The monoisotopic (exact) mass is 452 g/mol. The number of hydrogen-bond acceptors (Lipinski definition) is 10. The predicted molar refractivity (Wildman–Crippen MR) is 119 cm³/mol. The Hall–Kier alpha value is -2.42. The van der Waals surface area contributed by atoms with Crippen LogP contribution in [-0.4, -0.2) is 31.5 Å². The fourth-order valence-electron chi connectivity index (χ4n) is 2.92. The number of benzene rings is 2. The average molecular weight is 453 g/mol. The molecule has 0 aliphatic heterocycles. The van der Waals surface area contributed by atoms with Gasteiger partial charge in [-0.25, -0.2) is 29.9 Å². The van der Waals surface area contributed by atoms with Gasteiger partial charge in [-0.2, -0.15) is 0 Å². The van der Waals surface area contributed by atoms with Gasteiger partial charge in [0.25, 0.3) is 0 Å². The molecule has 0 bridgehead atoms. The third-order valence-electron chi connectivity index (χ3n) is 3.95. The van der Waals surface area contributed by atoms with Gasteiger partial charge in [0.1, 0.15) is 4.90 Å². The van der Waals surface area contributed by atoms with Gasteiger partial charge in [-0.3, -0.25) is 0 Å². The molecule has 3 rings (SSSR count). The van der Waals surface area contributed by atoms with E-state index >= 15 is 0 Å². The lowest BCUT2D eigenvalue weighted by Crippen LogP contribution is -2.27. The molecule has 1 heterocycles. The van der Waals surface area contributed by atoms with Crippen molar-refractivity contribution in [1.82, 2.24) is 10.5 Å². The van der Waals surface area contributed by atoms with Crippen LogP contribution >= 0.6 is 23.1 Å². The Bertz CT molecular complexity index is 1190. The van der Waals surface area contributed by atoms with Gasteiger partial charge in [-0.05, 0) is 17.7 Å². The molecular formula is C16H20N8O2S3. The van der Waals surface area contributed by atoms with Crippen molar-refractivity contribution in [3.8, 4) is 11.1 Å². The van der Waals surface area contributed by atoms with E-state index in [4.69, 9.17) is 28.2 Å². The molecule has 0 saturated carbocycles. The number of nitrogens with zero attached hydrogens (tertiary/aromatic N) is 2. The molecule has 0 spiro atoms. The second-order valence-corrected chi connectivity index (χ2v) is 9.53. The smallest absolute Gasteiger partial charge is 0.239 e. The number of sulfonamides is 1. The lowest BCUT2D eigenvalue weighted by Gasteiger charge is -2.17. The van der Waals surface area contributed by atoms with Crippen molar-refractivity contribution in [3.63, 3.8) is 0 Å². The number of fused-ring (bicyclic) bond motifs is 1. The number of amidine groups is 1. The SMILES string of the molecule is NCCSc1ccc(-c2cccc3sc(N)nc23)c(/C(N)=N/NN)c1S(N)(=O)=O. The third kappa shape index (κ3) is 4.29. The number of para-hydroxylation sites is 1. The Morgan fingerprint density at radius 3 is 2.66 bits per heavy atom. The maximum absolute atomic E-state index is 12.5. The molecule has 3 aromatic rings. The third-order valence-corrected chi connectivity index (χ3v) is 7.01. The number of hydrogen-bond donors (Lipinski definition) is 6. The molecule has 0 amide bonds. The fraction of sp³-hybridized carbons (Fsp3) is 0.125. The van der Waals surface area contributed by atoms with Crippen LogP contribution in [0, 0.1) is 0 Å². The van der Waals surface area contributed by atoms with E-state index in [0.717, 1.165) is 4.70 Å². The van der Waals surface area contributed by atoms with Crippen LogP contribution in [0.25, 0.3) is 21.3 Å². The molecule has 11 N–H and O–H groups in total. The van der Waals surface area contributed by atoms with Gasteiger partial charge in [0.2, 0.25) is 10.0 Å². The van der Waals surface area contributed by atoms with Gasteiger partial charge in [-0.15, -0.1) is 16.9 Å². The summed E-state index contributed by atoms with van der Waals surface area (Å²) in [5, 5.41) is 9.74. The molecular weight excluding hydrogens is 432 g/mol. The quantitative estimate of drug-likeness (QED) is 0.0959.